The Morgan fingerprint density at radius 1 is 1.09 bits per heavy atom. The van der Waals surface area contributed by atoms with Gasteiger partial charge in [0.15, 0.2) is 0 Å². The number of anilines is 1. The zero-order valence-corrected chi connectivity index (χ0v) is 9.16. The van der Waals surface area contributed by atoms with Crippen LogP contribution in [-0.2, 0) is 0 Å². The summed E-state index contributed by atoms with van der Waals surface area (Å²) in [6.07, 6.45) is 0. The molecule has 1 rings (SSSR count). The summed E-state index contributed by atoms with van der Waals surface area (Å²) in [5, 5.41) is 0. The first-order valence-electron chi connectivity index (χ1n) is 3.11. The normalized spacial score (nSPS) is 9.73. The average Bonchev–Trinajstić information content (AvgIpc) is 1.85. The molecular formula is C7H8Br2N2. The second-order valence-electron chi connectivity index (χ2n) is 2.03. The van der Waals surface area contributed by atoms with Gasteiger partial charge < -0.3 is 5.43 Å². The third-order valence-corrected chi connectivity index (χ3v) is 2.05. The van der Waals surface area contributed by atoms with Gasteiger partial charge in [-0.3, -0.25) is 0 Å². The van der Waals surface area contributed by atoms with E-state index in [9.17, 15) is 0 Å². The molecule has 0 aromatic heterocycles. The first kappa shape index (κ1) is 9.03. The first-order chi connectivity index (χ1) is 5.22. The summed E-state index contributed by atoms with van der Waals surface area (Å²) in [5.74, 6) is 0. The zero-order valence-electron chi connectivity index (χ0n) is 5.99. The van der Waals surface area contributed by atoms with Crippen LogP contribution in [0.3, 0.4) is 0 Å². The van der Waals surface area contributed by atoms with E-state index in [0.717, 1.165) is 14.6 Å². The summed E-state index contributed by atoms with van der Waals surface area (Å²) in [7, 11) is 1.83. The van der Waals surface area contributed by atoms with Gasteiger partial charge in [0.25, 0.3) is 0 Å². The Bertz CT molecular complexity index is 230. The van der Waals surface area contributed by atoms with Crippen molar-refractivity contribution in [3.8, 4) is 0 Å². The van der Waals surface area contributed by atoms with Crippen LogP contribution in [0.25, 0.3) is 0 Å². The third kappa shape index (κ3) is 2.81. The molecule has 0 saturated carbocycles. The third-order valence-electron chi connectivity index (χ3n) is 1.13. The topological polar surface area (TPSA) is 24.1 Å². The highest BCUT2D eigenvalue weighted by atomic mass is 79.9. The average molecular weight is 280 g/mol. The quantitative estimate of drug-likeness (QED) is 0.814. The molecule has 0 bridgehead atoms. The van der Waals surface area contributed by atoms with Gasteiger partial charge in [-0.05, 0) is 18.2 Å². The van der Waals surface area contributed by atoms with Crippen molar-refractivity contribution in [1.29, 1.82) is 0 Å². The molecule has 0 radical (unpaired) electrons. The molecular weight excluding hydrogens is 272 g/mol. The highest BCUT2D eigenvalue weighted by Crippen LogP contribution is 2.22. The van der Waals surface area contributed by atoms with E-state index in [0.29, 0.717) is 0 Å². The van der Waals surface area contributed by atoms with Crippen molar-refractivity contribution in [2.75, 3.05) is 12.5 Å². The first-order valence-corrected chi connectivity index (χ1v) is 4.70. The fourth-order valence-electron chi connectivity index (χ4n) is 0.770. The van der Waals surface area contributed by atoms with E-state index in [1.165, 1.54) is 0 Å². The number of hydrazine groups is 1. The van der Waals surface area contributed by atoms with Gasteiger partial charge in [-0.1, -0.05) is 31.9 Å². The number of halogens is 2. The van der Waals surface area contributed by atoms with Crippen LogP contribution in [0.2, 0.25) is 0 Å². The molecule has 0 aliphatic heterocycles. The molecule has 2 N–H and O–H groups in total. The maximum absolute atomic E-state index is 3.39. The second-order valence-corrected chi connectivity index (χ2v) is 3.86. The molecule has 0 spiro atoms. The summed E-state index contributed by atoms with van der Waals surface area (Å²) in [6.45, 7) is 0. The fourth-order valence-corrected chi connectivity index (χ4v) is 2.06. The smallest absolute Gasteiger partial charge is 0.0509 e. The van der Waals surface area contributed by atoms with Crippen LogP contribution in [0.15, 0.2) is 27.1 Å². The molecule has 11 heavy (non-hydrogen) atoms. The Balaban J connectivity index is 2.89. The molecule has 0 aliphatic rings. The van der Waals surface area contributed by atoms with Crippen LogP contribution in [0.4, 0.5) is 5.69 Å². The minimum atomic E-state index is 1.02. The van der Waals surface area contributed by atoms with Gasteiger partial charge in [0, 0.05) is 16.0 Å². The minimum Gasteiger partial charge on any atom is -0.322 e. The van der Waals surface area contributed by atoms with Crippen LogP contribution in [0.5, 0.6) is 0 Å². The predicted octanol–water partition coefficient (Wildman–Crippen LogP) is 2.76. The molecule has 2 nitrogen and oxygen atoms in total. The lowest BCUT2D eigenvalue weighted by atomic mass is 10.3. The molecule has 0 aliphatic carbocycles. The molecule has 0 unspecified atom stereocenters. The summed E-state index contributed by atoms with van der Waals surface area (Å²) < 4.78 is 2.09. The molecule has 60 valence electrons. The van der Waals surface area contributed by atoms with Crippen molar-refractivity contribution >= 4 is 37.5 Å². The van der Waals surface area contributed by atoms with E-state index in [4.69, 9.17) is 0 Å². The summed E-state index contributed by atoms with van der Waals surface area (Å²) >= 11 is 6.77. The zero-order chi connectivity index (χ0) is 8.27. The van der Waals surface area contributed by atoms with Crippen LogP contribution >= 0.6 is 31.9 Å². The largest absolute Gasteiger partial charge is 0.322 e. The second kappa shape index (κ2) is 4.09. The van der Waals surface area contributed by atoms with Gasteiger partial charge in [-0.25, -0.2) is 5.43 Å². The number of hydrogen-bond donors (Lipinski definition) is 2. The fraction of sp³-hybridized carbons (Fsp3) is 0.143. The number of benzene rings is 1. The van der Waals surface area contributed by atoms with Gasteiger partial charge in [-0.2, -0.15) is 0 Å². The summed E-state index contributed by atoms with van der Waals surface area (Å²) in [4.78, 5) is 0. The van der Waals surface area contributed by atoms with Gasteiger partial charge in [0.2, 0.25) is 0 Å². The Morgan fingerprint density at radius 2 is 1.64 bits per heavy atom. The molecule has 0 fully saturated rings. The van der Waals surface area contributed by atoms with E-state index in [1.54, 1.807) is 0 Å². The lowest BCUT2D eigenvalue weighted by molar-refractivity contribution is 0.983. The van der Waals surface area contributed by atoms with Crippen LogP contribution in [0.1, 0.15) is 0 Å². The maximum atomic E-state index is 3.39. The molecule has 1 aromatic rings. The Kier molecular flexibility index (Phi) is 3.36. The van der Waals surface area contributed by atoms with Crippen LogP contribution in [-0.4, -0.2) is 7.05 Å². The summed E-state index contributed by atoms with van der Waals surface area (Å²) in [6, 6.07) is 5.96. The molecule has 1 aromatic carbocycles. The molecule has 0 atom stereocenters. The van der Waals surface area contributed by atoms with Crippen LogP contribution < -0.4 is 10.9 Å². The van der Waals surface area contributed by atoms with E-state index in [2.05, 4.69) is 42.7 Å². The molecule has 0 amide bonds. The van der Waals surface area contributed by atoms with E-state index < -0.39 is 0 Å². The van der Waals surface area contributed by atoms with Gasteiger partial charge >= 0.3 is 0 Å². The molecule has 0 heterocycles. The van der Waals surface area contributed by atoms with Crippen molar-refractivity contribution in [3.63, 3.8) is 0 Å². The van der Waals surface area contributed by atoms with Gasteiger partial charge in [0.05, 0.1) is 5.69 Å². The monoisotopic (exact) mass is 278 g/mol. The number of rotatable bonds is 2. The maximum Gasteiger partial charge on any atom is 0.0509 e. The Hall–Kier alpha value is -0.0600. The van der Waals surface area contributed by atoms with E-state index >= 15 is 0 Å². The highest BCUT2D eigenvalue weighted by molar-refractivity contribution is 9.11. The Labute approximate surface area is 82.6 Å². The highest BCUT2D eigenvalue weighted by Gasteiger charge is 1.94. The van der Waals surface area contributed by atoms with Gasteiger partial charge in [-0.15, -0.1) is 0 Å². The SMILES string of the molecule is CNNc1cc(Br)cc(Br)c1. The Morgan fingerprint density at radius 3 is 2.09 bits per heavy atom. The lowest BCUT2D eigenvalue weighted by Gasteiger charge is -2.04. The number of hydrogen-bond acceptors (Lipinski definition) is 2. The van der Waals surface area contributed by atoms with Crippen LogP contribution in [0, 0.1) is 0 Å². The predicted molar refractivity (Wildman–Crippen MR) is 54.5 cm³/mol. The van der Waals surface area contributed by atoms with Gasteiger partial charge in [0.1, 0.15) is 0 Å². The van der Waals surface area contributed by atoms with Crippen molar-refractivity contribution in [1.82, 2.24) is 5.43 Å². The van der Waals surface area contributed by atoms with Crippen molar-refractivity contribution in [2.45, 2.75) is 0 Å². The summed E-state index contributed by atoms with van der Waals surface area (Å²) in [5.41, 5.74) is 6.85. The molecule has 0 saturated heterocycles. The molecule has 4 heteroatoms. The minimum absolute atomic E-state index is 1.02. The standard InChI is InChI=1S/C7H8Br2N2/c1-10-11-7-3-5(8)2-6(9)4-7/h2-4,10-11H,1H3. The number of nitrogens with one attached hydrogen (secondary N) is 2. The van der Waals surface area contributed by atoms with Crippen molar-refractivity contribution in [3.05, 3.63) is 27.1 Å². The lowest BCUT2D eigenvalue weighted by Crippen LogP contribution is -2.14. The van der Waals surface area contributed by atoms with E-state index in [-0.39, 0.29) is 0 Å². The van der Waals surface area contributed by atoms with Crippen molar-refractivity contribution < 1.29 is 0 Å². The van der Waals surface area contributed by atoms with Crippen molar-refractivity contribution in [2.24, 2.45) is 0 Å². The van der Waals surface area contributed by atoms with E-state index in [1.807, 2.05) is 25.2 Å².